The first-order valence-corrected chi connectivity index (χ1v) is 7.79. The molecule has 7 heteroatoms. The number of carbonyl (C=O) groups is 2. The van der Waals surface area contributed by atoms with Crippen molar-refractivity contribution in [2.75, 3.05) is 18.5 Å². The highest BCUT2D eigenvalue weighted by Gasteiger charge is 2.43. The molecule has 1 aromatic rings. The third kappa shape index (κ3) is 3.97. The zero-order valence-corrected chi connectivity index (χ0v) is 14.1. The van der Waals surface area contributed by atoms with Gasteiger partial charge in [0.05, 0.1) is 0 Å². The zero-order valence-electron chi connectivity index (χ0n) is 14.1. The molecule has 0 aliphatic carbocycles. The molecule has 132 valence electrons. The maximum absolute atomic E-state index is 11.8. The van der Waals surface area contributed by atoms with Crippen LogP contribution in [0.1, 0.15) is 39.2 Å². The number of aromatic hydroxyl groups is 1. The van der Waals surface area contributed by atoms with Gasteiger partial charge in [-0.05, 0) is 39.7 Å². The van der Waals surface area contributed by atoms with Gasteiger partial charge in [0.25, 0.3) is 0 Å². The van der Waals surface area contributed by atoms with E-state index in [2.05, 4.69) is 5.32 Å². The van der Waals surface area contributed by atoms with Gasteiger partial charge in [0.1, 0.15) is 16.8 Å². The summed E-state index contributed by atoms with van der Waals surface area (Å²) < 4.78 is 10.4. The summed E-state index contributed by atoms with van der Waals surface area (Å²) in [5.74, 6) is -1.16. The average Bonchev–Trinajstić information content (AvgIpc) is 2.45. The van der Waals surface area contributed by atoms with Gasteiger partial charge in [0.2, 0.25) is 0 Å². The van der Waals surface area contributed by atoms with E-state index < -0.39 is 23.1 Å². The molecule has 0 unspecified atom stereocenters. The molecule has 1 aliphatic heterocycles. The summed E-state index contributed by atoms with van der Waals surface area (Å²) >= 11 is 0. The van der Waals surface area contributed by atoms with E-state index in [0.717, 1.165) is 0 Å². The maximum atomic E-state index is 11.8. The number of benzene rings is 1. The summed E-state index contributed by atoms with van der Waals surface area (Å²) in [6.07, 6.45) is -0.0719. The molecule has 1 aromatic carbocycles. The van der Waals surface area contributed by atoms with Gasteiger partial charge < -0.3 is 19.7 Å². The Labute approximate surface area is 140 Å². The first-order chi connectivity index (χ1) is 11.1. The highest BCUT2D eigenvalue weighted by molar-refractivity contribution is 5.86. The SMILES string of the molecule is CC(C)(C)OC(=O)Nc1ccc(C2(C(=O)O)CCOCC2)c(O)c1. The van der Waals surface area contributed by atoms with Gasteiger partial charge in [-0.2, -0.15) is 0 Å². The van der Waals surface area contributed by atoms with Crippen molar-refractivity contribution in [2.24, 2.45) is 0 Å². The Kier molecular flexibility index (Phi) is 5.03. The summed E-state index contributed by atoms with van der Waals surface area (Å²) in [7, 11) is 0. The van der Waals surface area contributed by atoms with Crippen molar-refractivity contribution in [3.63, 3.8) is 0 Å². The second-order valence-electron chi connectivity index (χ2n) is 6.86. The first-order valence-electron chi connectivity index (χ1n) is 7.79. The smallest absolute Gasteiger partial charge is 0.412 e. The largest absolute Gasteiger partial charge is 0.508 e. The molecular weight excluding hydrogens is 314 g/mol. The molecule has 2 rings (SSSR count). The van der Waals surface area contributed by atoms with Crippen molar-refractivity contribution in [2.45, 2.75) is 44.6 Å². The number of carboxylic acids is 1. The predicted octanol–water partition coefficient (Wildman–Crippen LogP) is 2.87. The number of carboxylic acid groups (broad SMARTS) is 1. The third-order valence-electron chi connectivity index (χ3n) is 3.91. The molecule has 0 atom stereocenters. The van der Waals surface area contributed by atoms with Gasteiger partial charge in [0.15, 0.2) is 0 Å². The lowest BCUT2D eigenvalue weighted by atomic mass is 9.74. The van der Waals surface area contributed by atoms with Gasteiger partial charge in [-0.15, -0.1) is 0 Å². The van der Waals surface area contributed by atoms with Crippen LogP contribution in [0.25, 0.3) is 0 Å². The summed E-state index contributed by atoms with van der Waals surface area (Å²) in [6, 6.07) is 4.42. The topological polar surface area (TPSA) is 105 Å². The van der Waals surface area contributed by atoms with Crippen molar-refractivity contribution >= 4 is 17.7 Å². The minimum absolute atomic E-state index is 0.173. The Hall–Kier alpha value is -2.28. The highest BCUT2D eigenvalue weighted by atomic mass is 16.6. The number of aliphatic carboxylic acids is 1. The fourth-order valence-corrected chi connectivity index (χ4v) is 2.75. The quantitative estimate of drug-likeness (QED) is 0.783. The molecule has 0 radical (unpaired) electrons. The molecular formula is C17H23NO6. The molecule has 1 aliphatic rings. The Morgan fingerprint density at radius 2 is 1.88 bits per heavy atom. The number of rotatable bonds is 3. The van der Waals surface area contributed by atoms with E-state index in [-0.39, 0.29) is 18.6 Å². The number of phenols is 1. The van der Waals surface area contributed by atoms with E-state index >= 15 is 0 Å². The highest BCUT2D eigenvalue weighted by Crippen LogP contribution is 2.40. The van der Waals surface area contributed by atoms with Crippen molar-refractivity contribution < 1.29 is 29.3 Å². The van der Waals surface area contributed by atoms with Gasteiger partial charge in [-0.1, -0.05) is 6.07 Å². The van der Waals surface area contributed by atoms with Crippen LogP contribution in [-0.4, -0.2) is 41.1 Å². The van der Waals surface area contributed by atoms with Crippen molar-refractivity contribution in [1.82, 2.24) is 0 Å². The van der Waals surface area contributed by atoms with Gasteiger partial charge in [0, 0.05) is 30.5 Å². The number of ether oxygens (including phenoxy) is 2. The lowest BCUT2D eigenvalue weighted by molar-refractivity contribution is -0.147. The number of amides is 1. The Bertz CT molecular complexity index is 628. The summed E-state index contributed by atoms with van der Waals surface area (Å²) in [6.45, 7) is 5.88. The molecule has 1 fully saturated rings. The van der Waals surface area contributed by atoms with Gasteiger partial charge >= 0.3 is 12.1 Å². The maximum Gasteiger partial charge on any atom is 0.412 e. The van der Waals surface area contributed by atoms with Crippen LogP contribution in [0, 0.1) is 0 Å². The molecule has 1 saturated heterocycles. The lowest BCUT2D eigenvalue weighted by Crippen LogP contribution is -2.41. The number of nitrogens with one attached hydrogen (secondary N) is 1. The monoisotopic (exact) mass is 337 g/mol. The van der Waals surface area contributed by atoms with Crippen molar-refractivity contribution in [3.8, 4) is 5.75 Å². The fourth-order valence-electron chi connectivity index (χ4n) is 2.75. The molecule has 7 nitrogen and oxygen atoms in total. The minimum Gasteiger partial charge on any atom is -0.508 e. The van der Waals surface area contributed by atoms with E-state index in [1.807, 2.05) is 0 Å². The lowest BCUT2D eigenvalue weighted by Gasteiger charge is -2.34. The second kappa shape index (κ2) is 6.68. The summed E-state index contributed by atoms with van der Waals surface area (Å²) in [5.41, 5.74) is -1.15. The molecule has 0 aromatic heterocycles. The third-order valence-corrected chi connectivity index (χ3v) is 3.91. The van der Waals surface area contributed by atoms with Crippen LogP contribution < -0.4 is 5.32 Å². The van der Waals surface area contributed by atoms with E-state index in [9.17, 15) is 19.8 Å². The van der Waals surface area contributed by atoms with Crippen LogP contribution in [0.2, 0.25) is 0 Å². The molecule has 1 heterocycles. The average molecular weight is 337 g/mol. The van der Waals surface area contributed by atoms with Crippen molar-refractivity contribution in [3.05, 3.63) is 23.8 Å². The Morgan fingerprint density at radius 3 is 2.38 bits per heavy atom. The Morgan fingerprint density at radius 1 is 1.25 bits per heavy atom. The second-order valence-corrected chi connectivity index (χ2v) is 6.86. The standard InChI is InChI=1S/C17H23NO6/c1-16(2,3)24-15(22)18-11-4-5-12(13(19)10-11)17(14(20)21)6-8-23-9-7-17/h4-5,10,19H,6-9H2,1-3H3,(H,18,22)(H,20,21). The van der Waals surface area contributed by atoms with Crippen molar-refractivity contribution in [1.29, 1.82) is 0 Å². The zero-order chi connectivity index (χ0) is 18.0. The summed E-state index contributed by atoms with van der Waals surface area (Å²) in [5, 5.41) is 22.5. The van der Waals surface area contributed by atoms with E-state index in [4.69, 9.17) is 9.47 Å². The van der Waals surface area contributed by atoms with Crippen LogP contribution in [-0.2, 0) is 19.7 Å². The number of carbonyl (C=O) groups excluding carboxylic acids is 1. The summed E-state index contributed by atoms with van der Waals surface area (Å²) in [4.78, 5) is 23.6. The molecule has 24 heavy (non-hydrogen) atoms. The molecule has 1 amide bonds. The van der Waals surface area contributed by atoms with Gasteiger partial charge in [-0.25, -0.2) is 4.79 Å². The van der Waals surface area contributed by atoms with E-state index in [0.29, 0.717) is 24.5 Å². The minimum atomic E-state index is -1.17. The molecule has 0 saturated carbocycles. The number of hydrogen-bond donors (Lipinski definition) is 3. The molecule has 3 N–H and O–H groups in total. The van der Waals surface area contributed by atoms with Crippen LogP contribution in [0.5, 0.6) is 5.75 Å². The number of anilines is 1. The first kappa shape index (κ1) is 18.1. The predicted molar refractivity (Wildman–Crippen MR) is 87.3 cm³/mol. The molecule has 0 bridgehead atoms. The van der Waals surface area contributed by atoms with E-state index in [1.54, 1.807) is 26.8 Å². The number of hydrogen-bond acceptors (Lipinski definition) is 5. The van der Waals surface area contributed by atoms with Crippen LogP contribution in [0.3, 0.4) is 0 Å². The Balaban J connectivity index is 2.23. The van der Waals surface area contributed by atoms with Crippen LogP contribution in [0.15, 0.2) is 18.2 Å². The van der Waals surface area contributed by atoms with Gasteiger partial charge in [-0.3, -0.25) is 10.1 Å². The normalized spacial score (nSPS) is 17.1. The number of phenolic OH excluding ortho intramolecular Hbond substituents is 1. The molecule has 0 spiro atoms. The van der Waals surface area contributed by atoms with Crippen LogP contribution >= 0.6 is 0 Å². The fraction of sp³-hybridized carbons (Fsp3) is 0.529. The van der Waals surface area contributed by atoms with Crippen LogP contribution in [0.4, 0.5) is 10.5 Å². The van der Waals surface area contributed by atoms with E-state index in [1.165, 1.54) is 12.1 Å².